The van der Waals surface area contributed by atoms with E-state index in [1.54, 1.807) is 16.7 Å². The summed E-state index contributed by atoms with van der Waals surface area (Å²) in [4.78, 5) is 23.9. The van der Waals surface area contributed by atoms with Gasteiger partial charge in [-0.15, -0.1) is 11.3 Å². The van der Waals surface area contributed by atoms with Crippen LogP contribution in [0.15, 0.2) is 34.3 Å². The summed E-state index contributed by atoms with van der Waals surface area (Å²) in [5.41, 5.74) is 3.06. The zero-order chi connectivity index (χ0) is 17.2. The molecule has 3 aromatic heterocycles. The van der Waals surface area contributed by atoms with Crippen LogP contribution in [-0.4, -0.2) is 29.0 Å². The minimum absolute atomic E-state index is 0.198. The van der Waals surface area contributed by atoms with Crippen LogP contribution in [0, 0.1) is 6.92 Å². The lowest BCUT2D eigenvalue weighted by Crippen LogP contribution is -2.20. The second kappa shape index (κ2) is 6.93. The first-order chi connectivity index (χ1) is 12.2. The number of thiazole rings is 1. The number of nitrogens with one attached hydrogen (secondary N) is 1. The predicted molar refractivity (Wildman–Crippen MR) is 104 cm³/mol. The fourth-order valence-electron chi connectivity index (χ4n) is 2.89. The van der Waals surface area contributed by atoms with E-state index >= 15 is 0 Å². The van der Waals surface area contributed by atoms with Gasteiger partial charge in [-0.1, -0.05) is 0 Å². The molecule has 1 aliphatic heterocycles. The number of aryl methyl sites for hydroxylation is 1. The molecule has 0 radical (unpaired) electrons. The zero-order valence-electron chi connectivity index (χ0n) is 13.9. The van der Waals surface area contributed by atoms with Crippen LogP contribution in [0.1, 0.15) is 29.0 Å². The maximum absolute atomic E-state index is 12.5. The van der Waals surface area contributed by atoms with Crippen molar-refractivity contribution < 1.29 is 4.79 Å². The molecule has 5 nitrogen and oxygen atoms in total. The standard InChI is InChI=1S/C18H18N4OS2/c1-12-14(4-5-16(19-12)22-7-2-3-8-22)20-17(23)15-11-25-18(21-15)13-6-9-24-10-13/h4-6,9-11H,2-3,7-8H2,1H3,(H,20,23). The van der Waals surface area contributed by atoms with Gasteiger partial charge >= 0.3 is 0 Å². The Balaban J connectivity index is 1.49. The maximum atomic E-state index is 12.5. The van der Waals surface area contributed by atoms with Gasteiger partial charge in [0.2, 0.25) is 0 Å². The molecule has 0 spiro atoms. The molecule has 1 N–H and O–H groups in total. The first kappa shape index (κ1) is 16.2. The molecule has 1 amide bonds. The highest BCUT2D eigenvalue weighted by Crippen LogP contribution is 2.27. The average molecular weight is 371 g/mol. The lowest BCUT2D eigenvalue weighted by molar-refractivity contribution is 0.102. The highest BCUT2D eigenvalue weighted by atomic mass is 32.1. The van der Waals surface area contributed by atoms with E-state index in [1.807, 2.05) is 35.9 Å². The second-order valence-corrected chi connectivity index (χ2v) is 7.64. The van der Waals surface area contributed by atoms with Gasteiger partial charge in [0.1, 0.15) is 16.5 Å². The summed E-state index contributed by atoms with van der Waals surface area (Å²) in [6.45, 7) is 4.04. The number of carbonyl (C=O) groups excluding carboxylic acids is 1. The van der Waals surface area contributed by atoms with E-state index in [9.17, 15) is 4.79 Å². The topological polar surface area (TPSA) is 58.1 Å². The van der Waals surface area contributed by atoms with Crippen LogP contribution in [0.3, 0.4) is 0 Å². The number of aromatic nitrogens is 2. The van der Waals surface area contributed by atoms with E-state index in [0.717, 1.165) is 40.9 Å². The largest absolute Gasteiger partial charge is 0.357 e. The molecule has 0 unspecified atom stereocenters. The fraction of sp³-hybridized carbons (Fsp3) is 0.278. The van der Waals surface area contributed by atoms with Crippen molar-refractivity contribution in [3.63, 3.8) is 0 Å². The van der Waals surface area contributed by atoms with Gasteiger partial charge in [0.05, 0.1) is 11.4 Å². The highest BCUT2D eigenvalue weighted by Gasteiger charge is 2.16. The lowest BCUT2D eigenvalue weighted by Gasteiger charge is -2.17. The van der Waals surface area contributed by atoms with Gasteiger partial charge in [-0.05, 0) is 43.3 Å². The first-order valence-electron chi connectivity index (χ1n) is 8.23. The van der Waals surface area contributed by atoms with Gasteiger partial charge in [0.25, 0.3) is 5.91 Å². The molecule has 7 heteroatoms. The van der Waals surface area contributed by atoms with Gasteiger partial charge in [-0.25, -0.2) is 9.97 Å². The number of anilines is 2. The van der Waals surface area contributed by atoms with Crippen molar-refractivity contribution in [1.29, 1.82) is 0 Å². The van der Waals surface area contributed by atoms with E-state index in [0.29, 0.717) is 5.69 Å². The lowest BCUT2D eigenvalue weighted by atomic mass is 10.3. The fourth-order valence-corrected chi connectivity index (χ4v) is 4.40. The monoisotopic (exact) mass is 370 g/mol. The van der Waals surface area contributed by atoms with Crippen LogP contribution in [0.4, 0.5) is 11.5 Å². The number of carbonyl (C=O) groups is 1. The number of nitrogens with zero attached hydrogens (tertiary/aromatic N) is 3. The van der Waals surface area contributed by atoms with Crippen LogP contribution in [0.2, 0.25) is 0 Å². The summed E-state index contributed by atoms with van der Waals surface area (Å²) in [7, 11) is 0. The molecule has 3 aromatic rings. The normalized spacial score (nSPS) is 14.0. The van der Waals surface area contributed by atoms with Crippen molar-refractivity contribution in [3.8, 4) is 10.6 Å². The molecule has 25 heavy (non-hydrogen) atoms. The third-order valence-electron chi connectivity index (χ3n) is 4.25. The van der Waals surface area contributed by atoms with E-state index in [-0.39, 0.29) is 5.91 Å². The highest BCUT2D eigenvalue weighted by molar-refractivity contribution is 7.14. The van der Waals surface area contributed by atoms with Crippen LogP contribution in [0.5, 0.6) is 0 Å². The Morgan fingerprint density at radius 3 is 2.72 bits per heavy atom. The summed E-state index contributed by atoms with van der Waals surface area (Å²) in [6.07, 6.45) is 2.44. The van der Waals surface area contributed by atoms with E-state index in [2.05, 4.69) is 20.2 Å². The molecule has 0 aliphatic carbocycles. The summed E-state index contributed by atoms with van der Waals surface area (Å²) in [5, 5.41) is 9.63. The molecule has 128 valence electrons. The smallest absolute Gasteiger partial charge is 0.275 e. The Bertz CT molecular complexity index is 882. The molecule has 1 aliphatic rings. The summed E-state index contributed by atoms with van der Waals surface area (Å²) in [5.74, 6) is 0.790. The number of rotatable bonds is 4. The Labute approximate surface area is 154 Å². The zero-order valence-corrected chi connectivity index (χ0v) is 15.5. The molecule has 1 saturated heterocycles. The van der Waals surface area contributed by atoms with Crippen molar-refractivity contribution in [2.75, 3.05) is 23.3 Å². The molecule has 4 heterocycles. The molecule has 0 saturated carbocycles. The number of amides is 1. The SMILES string of the molecule is Cc1nc(N2CCCC2)ccc1NC(=O)c1csc(-c2ccsc2)n1. The molecule has 0 aromatic carbocycles. The van der Waals surface area contributed by atoms with Crippen LogP contribution >= 0.6 is 22.7 Å². The second-order valence-electron chi connectivity index (χ2n) is 6.00. The van der Waals surface area contributed by atoms with E-state index in [4.69, 9.17) is 0 Å². The van der Waals surface area contributed by atoms with Gasteiger partial charge in [0.15, 0.2) is 0 Å². The van der Waals surface area contributed by atoms with E-state index < -0.39 is 0 Å². The van der Waals surface area contributed by atoms with E-state index in [1.165, 1.54) is 24.2 Å². The van der Waals surface area contributed by atoms with Crippen LogP contribution in [0.25, 0.3) is 10.6 Å². The molecule has 0 atom stereocenters. The van der Waals surface area contributed by atoms with Gasteiger partial charge in [-0.3, -0.25) is 4.79 Å². The van der Waals surface area contributed by atoms with Gasteiger partial charge in [-0.2, -0.15) is 11.3 Å². The number of pyridine rings is 1. The third kappa shape index (κ3) is 3.43. The van der Waals surface area contributed by atoms with Crippen LogP contribution in [-0.2, 0) is 0 Å². The quantitative estimate of drug-likeness (QED) is 0.738. The number of thiophene rings is 1. The van der Waals surface area contributed by atoms with Gasteiger partial charge < -0.3 is 10.2 Å². The van der Waals surface area contributed by atoms with Crippen molar-refractivity contribution in [2.45, 2.75) is 19.8 Å². The minimum atomic E-state index is -0.198. The Morgan fingerprint density at radius 2 is 2.00 bits per heavy atom. The number of hydrogen-bond donors (Lipinski definition) is 1. The van der Waals surface area contributed by atoms with Crippen molar-refractivity contribution >= 4 is 40.1 Å². The van der Waals surface area contributed by atoms with Gasteiger partial charge in [0, 0.05) is 29.4 Å². The summed E-state index contributed by atoms with van der Waals surface area (Å²) >= 11 is 3.10. The average Bonchev–Trinajstić information content (AvgIpc) is 3.37. The summed E-state index contributed by atoms with van der Waals surface area (Å²) in [6, 6.07) is 5.92. The minimum Gasteiger partial charge on any atom is -0.357 e. The molecule has 0 bridgehead atoms. The predicted octanol–water partition coefficient (Wildman–Crippen LogP) is 4.43. The maximum Gasteiger partial charge on any atom is 0.275 e. The Hall–Kier alpha value is -2.25. The Kier molecular flexibility index (Phi) is 4.50. The molecule has 1 fully saturated rings. The first-order valence-corrected chi connectivity index (χ1v) is 10.0. The molecule has 4 rings (SSSR count). The Morgan fingerprint density at radius 1 is 1.16 bits per heavy atom. The van der Waals surface area contributed by atoms with Crippen molar-refractivity contribution in [2.24, 2.45) is 0 Å². The summed E-state index contributed by atoms with van der Waals surface area (Å²) < 4.78 is 0. The third-order valence-corrected chi connectivity index (χ3v) is 5.83. The number of hydrogen-bond acceptors (Lipinski definition) is 6. The van der Waals surface area contributed by atoms with Crippen molar-refractivity contribution in [3.05, 3.63) is 45.7 Å². The van der Waals surface area contributed by atoms with Crippen molar-refractivity contribution in [1.82, 2.24) is 9.97 Å². The van der Waals surface area contributed by atoms with Crippen LogP contribution < -0.4 is 10.2 Å². The molecular weight excluding hydrogens is 352 g/mol. The molecular formula is C18H18N4OS2.